The molecular weight excluding hydrogens is 252 g/mol. The maximum absolute atomic E-state index is 9.78. The van der Waals surface area contributed by atoms with Gasteiger partial charge in [-0.15, -0.1) is 11.5 Å². The molecule has 1 aromatic rings. The summed E-state index contributed by atoms with van der Waals surface area (Å²) in [6.45, 7) is 7.79. The summed E-state index contributed by atoms with van der Waals surface area (Å²) < 4.78 is 5.54. The Bertz CT molecular complexity index is 412. The molecule has 1 unspecified atom stereocenters. The molecule has 104 valence electrons. The molecule has 0 saturated carbocycles. The van der Waals surface area contributed by atoms with Crippen LogP contribution in [0.15, 0.2) is 30.3 Å². The molecular formula is C16H24O2Si. The molecule has 1 aromatic carbocycles. The van der Waals surface area contributed by atoms with Gasteiger partial charge in [0.2, 0.25) is 0 Å². The minimum Gasteiger partial charge on any atom is -0.392 e. The minimum absolute atomic E-state index is 0.375. The van der Waals surface area contributed by atoms with Crippen LogP contribution >= 0.6 is 0 Å². The van der Waals surface area contributed by atoms with Crippen LogP contribution in [0, 0.1) is 11.5 Å². The highest BCUT2D eigenvalue weighted by Gasteiger charge is 2.08. The summed E-state index contributed by atoms with van der Waals surface area (Å²) >= 11 is 0. The van der Waals surface area contributed by atoms with E-state index in [1.807, 2.05) is 30.3 Å². The van der Waals surface area contributed by atoms with E-state index in [0.29, 0.717) is 26.1 Å². The van der Waals surface area contributed by atoms with Gasteiger partial charge in [-0.05, 0) is 12.0 Å². The van der Waals surface area contributed by atoms with E-state index in [9.17, 15) is 5.11 Å². The van der Waals surface area contributed by atoms with Crippen molar-refractivity contribution in [1.29, 1.82) is 0 Å². The Morgan fingerprint density at radius 1 is 1.21 bits per heavy atom. The Kier molecular flexibility index (Phi) is 6.86. The molecule has 0 bridgehead atoms. The molecule has 0 spiro atoms. The third kappa shape index (κ3) is 8.60. The fourth-order valence-corrected chi connectivity index (χ4v) is 2.15. The Morgan fingerprint density at radius 3 is 2.53 bits per heavy atom. The molecule has 0 aromatic heterocycles. The number of benzene rings is 1. The van der Waals surface area contributed by atoms with Gasteiger partial charge in [0.1, 0.15) is 8.07 Å². The molecule has 2 nitrogen and oxygen atoms in total. The highest BCUT2D eigenvalue weighted by Crippen LogP contribution is 2.03. The quantitative estimate of drug-likeness (QED) is 0.491. The van der Waals surface area contributed by atoms with Gasteiger partial charge in [0, 0.05) is 13.0 Å². The van der Waals surface area contributed by atoms with Gasteiger partial charge in [0.25, 0.3) is 0 Å². The van der Waals surface area contributed by atoms with E-state index in [0.717, 1.165) is 5.56 Å². The van der Waals surface area contributed by atoms with Crippen LogP contribution in [0.4, 0.5) is 0 Å². The number of aliphatic hydroxyl groups is 1. The normalized spacial score (nSPS) is 12.6. The second-order valence-electron chi connectivity index (χ2n) is 5.74. The largest absolute Gasteiger partial charge is 0.392 e. The summed E-state index contributed by atoms with van der Waals surface area (Å²) in [5.41, 5.74) is 4.42. The van der Waals surface area contributed by atoms with Crippen LogP contribution in [-0.2, 0) is 11.3 Å². The van der Waals surface area contributed by atoms with E-state index in [-0.39, 0.29) is 6.10 Å². The van der Waals surface area contributed by atoms with E-state index >= 15 is 0 Å². The molecule has 0 aliphatic rings. The zero-order valence-corrected chi connectivity index (χ0v) is 13.1. The van der Waals surface area contributed by atoms with Crippen molar-refractivity contribution in [3.05, 3.63) is 35.9 Å². The first-order chi connectivity index (χ1) is 8.97. The van der Waals surface area contributed by atoms with Crippen molar-refractivity contribution in [1.82, 2.24) is 0 Å². The van der Waals surface area contributed by atoms with E-state index in [1.54, 1.807) is 0 Å². The smallest absolute Gasteiger partial charge is 0.129 e. The molecule has 0 radical (unpaired) electrons. The summed E-state index contributed by atoms with van der Waals surface area (Å²) in [7, 11) is -1.31. The average Bonchev–Trinajstić information content (AvgIpc) is 2.34. The van der Waals surface area contributed by atoms with E-state index in [1.165, 1.54) is 0 Å². The van der Waals surface area contributed by atoms with Gasteiger partial charge < -0.3 is 9.84 Å². The maximum atomic E-state index is 9.78. The highest BCUT2D eigenvalue weighted by atomic mass is 28.3. The van der Waals surface area contributed by atoms with Crippen LogP contribution in [0.5, 0.6) is 0 Å². The lowest BCUT2D eigenvalue weighted by atomic mass is 10.2. The fourth-order valence-electron chi connectivity index (χ4n) is 1.52. The molecule has 1 rings (SSSR count). The predicted molar refractivity (Wildman–Crippen MR) is 82.5 cm³/mol. The number of hydrogen-bond acceptors (Lipinski definition) is 2. The molecule has 1 atom stereocenters. The monoisotopic (exact) mass is 276 g/mol. The lowest BCUT2D eigenvalue weighted by Gasteiger charge is -2.09. The molecule has 0 saturated heterocycles. The summed E-state index contributed by atoms with van der Waals surface area (Å²) in [6.07, 6.45) is 0.825. The van der Waals surface area contributed by atoms with Crippen LogP contribution in [0.1, 0.15) is 18.4 Å². The second kappa shape index (κ2) is 8.16. The van der Waals surface area contributed by atoms with Crippen LogP contribution in [0.2, 0.25) is 19.6 Å². The topological polar surface area (TPSA) is 29.5 Å². The van der Waals surface area contributed by atoms with E-state index in [2.05, 4.69) is 31.1 Å². The third-order valence-corrected chi connectivity index (χ3v) is 3.43. The number of aliphatic hydroxyl groups excluding tert-OH is 1. The minimum atomic E-state index is -1.31. The Labute approximate surface area is 117 Å². The van der Waals surface area contributed by atoms with E-state index < -0.39 is 8.07 Å². The zero-order chi connectivity index (χ0) is 14.1. The van der Waals surface area contributed by atoms with Crippen molar-refractivity contribution in [2.75, 3.05) is 6.61 Å². The van der Waals surface area contributed by atoms with Crippen molar-refractivity contribution < 1.29 is 9.84 Å². The first kappa shape index (κ1) is 16.0. The summed E-state index contributed by atoms with van der Waals surface area (Å²) in [5.74, 6) is 3.09. The second-order valence-corrected chi connectivity index (χ2v) is 10.5. The molecule has 0 aliphatic carbocycles. The van der Waals surface area contributed by atoms with Gasteiger partial charge in [-0.1, -0.05) is 50.0 Å². The van der Waals surface area contributed by atoms with Crippen molar-refractivity contribution in [3.63, 3.8) is 0 Å². The Balaban J connectivity index is 2.13. The lowest BCUT2D eigenvalue weighted by Crippen LogP contribution is -2.17. The van der Waals surface area contributed by atoms with E-state index in [4.69, 9.17) is 4.74 Å². The van der Waals surface area contributed by atoms with Crippen molar-refractivity contribution in [2.24, 2.45) is 0 Å². The molecule has 0 aliphatic heterocycles. The lowest BCUT2D eigenvalue weighted by molar-refractivity contribution is 0.0754. The first-order valence-electron chi connectivity index (χ1n) is 6.77. The van der Waals surface area contributed by atoms with Gasteiger partial charge in [-0.25, -0.2) is 0 Å². The van der Waals surface area contributed by atoms with Crippen molar-refractivity contribution in [3.8, 4) is 11.5 Å². The summed E-state index contributed by atoms with van der Waals surface area (Å²) in [5, 5.41) is 9.78. The van der Waals surface area contributed by atoms with Gasteiger partial charge in [0.05, 0.1) is 12.7 Å². The number of hydrogen-bond donors (Lipinski definition) is 1. The predicted octanol–water partition coefficient (Wildman–Crippen LogP) is 3.23. The van der Waals surface area contributed by atoms with Gasteiger partial charge in [-0.3, -0.25) is 0 Å². The van der Waals surface area contributed by atoms with Gasteiger partial charge in [-0.2, -0.15) is 0 Å². The number of rotatable bonds is 6. The van der Waals surface area contributed by atoms with Gasteiger partial charge in [0.15, 0.2) is 0 Å². The number of ether oxygens (including phenoxy) is 1. The molecule has 1 N–H and O–H groups in total. The highest BCUT2D eigenvalue weighted by molar-refractivity contribution is 6.83. The first-order valence-corrected chi connectivity index (χ1v) is 10.3. The Morgan fingerprint density at radius 2 is 1.89 bits per heavy atom. The molecule has 0 fully saturated rings. The molecule has 3 heteroatoms. The summed E-state index contributed by atoms with van der Waals surface area (Å²) in [6, 6.07) is 10.1. The SMILES string of the molecule is C[Si](C)(C)C#CCC(O)CCOCc1ccccc1. The van der Waals surface area contributed by atoms with Crippen molar-refractivity contribution >= 4 is 8.07 Å². The van der Waals surface area contributed by atoms with Crippen LogP contribution < -0.4 is 0 Å². The average molecular weight is 276 g/mol. The zero-order valence-electron chi connectivity index (χ0n) is 12.1. The third-order valence-electron chi connectivity index (χ3n) is 2.51. The maximum Gasteiger partial charge on any atom is 0.129 e. The Hall–Kier alpha value is -1.08. The fraction of sp³-hybridized carbons (Fsp3) is 0.500. The van der Waals surface area contributed by atoms with Crippen LogP contribution in [0.25, 0.3) is 0 Å². The van der Waals surface area contributed by atoms with Gasteiger partial charge >= 0.3 is 0 Å². The van der Waals surface area contributed by atoms with Crippen LogP contribution in [-0.4, -0.2) is 25.9 Å². The summed E-state index contributed by atoms with van der Waals surface area (Å²) in [4.78, 5) is 0. The molecule has 0 heterocycles. The van der Waals surface area contributed by atoms with Crippen molar-refractivity contribution in [2.45, 2.75) is 45.2 Å². The van der Waals surface area contributed by atoms with Crippen LogP contribution in [0.3, 0.4) is 0 Å². The molecule has 19 heavy (non-hydrogen) atoms. The molecule has 0 amide bonds. The standard InChI is InChI=1S/C16H24O2Si/c1-19(2,3)13-7-10-16(17)11-12-18-14-15-8-5-4-6-9-15/h4-6,8-9,16-17H,10-12,14H2,1-3H3.